The monoisotopic (exact) mass is 308 g/mol. The first-order valence-electron chi connectivity index (χ1n) is 5.73. The predicted molar refractivity (Wildman–Crippen MR) is 71.6 cm³/mol. The summed E-state index contributed by atoms with van der Waals surface area (Å²) in [5.74, 6) is -1.14. The first-order chi connectivity index (χ1) is 10.1. The van der Waals surface area contributed by atoms with Gasteiger partial charge in [-0.3, -0.25) is 4.57 Å². The van der Waals surface area contributed by atoms with E-state index in [0.29, 0.717) is 0 Å². The quantitative estimate of drug-likeness (QED) is 0.805. The molecule has 0 saturated heterocycles. The first-order valence-corrected chi connectivity index (χ1v) is 6.11. The zero-order chi connectivity index (χ0) is 14.8. The lowest BCUT2D eigenvalue weighted by Gasteiger charge is -2.07. The van der Waals surface area contributed by atoms with Gasteiger partial charge in [-0.05, 0) is 23.7 Å². The number of hydrogen-bond donors (Lipinski definition) is 1. The van der Waals surface area contributed by atoms with E-state index in [4.69, 9.17) is 11.6 Å². The molecule has 0 fully saturated rings. The Bertz CT molecular complexity index is 757. The van der Waals surface area contributed by atoms with Gasteiger partial charge in [-0.2, -0.15) is 15.0 Å². The number of anilines is 2. The average molecular weight is 309 g/mol. The molecule has 0 saturated carbocycles. The van der Waals surface area contributed by atoms with Crippen LogP contribution in [-0.4, -0.2) is 24.5 Å². The van der Waals surface area contributed by atoms with Crippen molar-refractivity contribution in [3.63, 3.8) is 0 Å². The molecule has 0 bridgehead atoms. The highest BCUT2D eigenvalue weighted by Gasteiger charge is 2.08. The van der Waals surface area contributed by atoms with Crippen molar-refractivity contribution in [1.29, 1.82) is 0 Å². The van der Waals surface area contributed by atoms with Crippen LogP contribution in [0.3, 0.4) is 0 Å². The molecule has 0 unspecified atom stereocenters. The van der Waals surface area contributed by atoms with Crippen LogP contribution in [0, 0.1) is 11.6 Å². The van der Waals surface area contributed by atoms with Crippen molar-refractivity contribution in [3.05, 3.63) is 53.8 Å². The molecule has 3 rings (SSSR count). The second-order valence-corrected chi connectivity index (χ2v) is 4.32. The van der Waals surface area contributed by atoms with Crippen molar-refractivity contribution in [3.8, 4) is 5.95 Å². The zero-order valence-electron chi connectivity index (χ0n) is 10.3. The molecule has 0 aliphatic carbocycles. The van der Waals surface area contributed by atoms with Crippen LogP contribution in [0.25, 0.3) is 5.95 Å². The lowest BCUT2D eigenvalue weighted by Crippen LogP contribution is -2.05. The van der Waals surface area contributed by atoms with Gasteiger partial charge in [0.1, 0.15) is 18.0 Å². The second kappa shape index (κ2) is 5.41. The summed E-state index contributed by atoms with van der Waals surface area (Å²) in [6.45, 7) is 0. The minimum atomic E-state index is -0.715. The van der Waals surface area contributed by atoms with Gasteiger partial charge in [0, 0.05) is 24.1 Å². The largest absolute Gasteiger partial charge is 0.324 e. The van der Waals surface area contributed by atoms with Gasteiger partial charge < -0.3 is 5.32 Å². The van der Waals surface area contributed by atoms with Crippen molar-refractivity contribution in [2.45, 2.75) is 0 Å². The summed E-state index contributed by atoms with van der Waals surface area (Å²) in [7, 11) is 0. The van der Waals surface area contributed by atoms with E-state index in [1.54, 1.807) is 12.4 Å². The maximum Gasteiger partial charge on any atom is 0.241 e. The van der Waals surface area contributed by atoms with E-state index in [1.165, 1.54) is 10.9 Å². The normalized spacial score (nSPS) is 10.6. The fourth-order valence-corrected chi connectivity index (χ4v) is 1.80. The Labute approximate surface area is 122 Å². The van der Waals surface area contributed by atoms with E-state index < -0.39 is 11.6 Å². The number of nitrogens with zero attached hydrogens (tertiary/aromatic N) is 5. The average Bonchev–Trinajstić information content (AvgIpc) is 2.90. The maximum atomic E-state index is 13.1. The van der Waals surface area contributed by atoms with Crippen molar-refractivity contribution < 1.29 is 8.78 Å². The Balaban J connectivity index is 1.95. The summed E-state index contributed by atoms with van der Waals surface area (Å²) in [6.07, 6.45) is 4.65. The minimum absolute atomic E-state index is 0.0590. The smallest absolute Gasteiger partial charge is 0.241 e. The number of benzene rings is 1. The Morgan fingerprint density at radius 3 is 2.48 bits per heavy atom. The predicted octanol–water partition coefficient (Wildman–Crippen LogP) is 2.73. The van der Waals surface area contributed by atoms with E-state index in [1.807, 2.05) is 0 Å². The van der Waals surface area contributed by atoms with Crippen LogP contribution < -0.4 is 5.32 Å². The van der Waals surface area contributed by atoms with E-state index in [9.17, 15) is 8.78 Å². The summed E-state index contributed by atoms with van der Waals surface area (Å²) in [4.78, 5) is 15.7. The van der Waals surface area contributed by atoms with Crippen LogP contribution in [0.15, 0.2) is 36.9 Å². The molecule has 3 aromatic rings. The SMILES string of the molecule is Fc1cc(F)cc(Nc2nc(Cl)nc(-n3ccnc3)n2)c1. The number of rotatable bonds is 3. The third-order valence-corrected chi connectivity index (χ3v) is 2.62. The number of aromatic nitrogens is 5. The Morgan fingerprint density at radius 2 is 1.81 bits per heavy atom. The molecule has 0 radical (unpaired) electrons. The molecule has 1 aromatic carbocycles. The van der Waals surface area contributed by atoms with Crippen LogP contribution in [0.4, 0.5) is 20.4 Å². The fraction of sp³-hybridized carbons (Fsp3) is 0. The number of nitrogens with one attached hydrogen (secondary N) is 1. The van der Waals surface area contributed by atoms with Gasteiger partial charge in [-0.15, -0.1) is 0 Å². The Hall–Kier alpha value is -2.61. The number of imidazole rings is 1. The first kappa shape index (κ1) is 13.4. The van der Waals surface area contributed by atoms with Crippen molar-refractivity contribution in [2.75, 3.05) is 5.32 Å². The lowest BCUT2D eigenvalue weighted by molar-refractivity contribution is 0.584. The molecule has 6 nitrogen and oxygen atoms in total. The van der Waals surface area contributed by atoms with Gasteiger partial charge >= 0.3 is 0 Å². The zero-order valence-corrected chi connectivity index (χ0v) is 11.1. The number of halogens is 3. The highest BCUT2D eigenvalue weighted by molar-refractivity contribution is 6.28. The highest BCUT2D eigenvalue weighted by Crippen LogP contribution is 2.18. The third kappa shape index (κ3) is 3.11. The third-order valence-electron chi connectivity index (χ3n) is 2.45. The van der Waals surface area contributed by atoms with E-state index in [0.717, 1.165) is 18.2 Å². The lowest BCUT2D eigenvalue weighted by atomic mass is 10.3. The molecular weight excluding hydrogens is 302 g/mol. The van der Waals surface area contributed by atoms with Crippen molar-refractivity contribution >= 4 is 23.2 Å². The molecule has 0 spiro atoms. The van der Waals surface area contributed by atoms with Gasteiger partial charge in [0.25, 0.3) is 0 Å². The van der Waals surface area contributed by atoms with Crippen LogP contribution in [0.1, 0.15) is 0 Å². The summed E-state index contributed by atoms with van der Waals surface area (Å²) in [6, 6.07) is 2.98. The molecule has 106 valence electrons. The summed E-state index contributed by atoms with van der Waals surface area (Å²) < 4.78 is 27.8. The molecule has 2 heterocycles. The molecule has 0 amide bonds. The molecule has 1 N–H and O–H groups in total. The van der Waals surface area contributed by atoms with Crippen LogP contribution in [0.5, 0.6) is 0 Å². The van der Waals surface area contributed by atoms with Crippen LogP contribution in [0.2, 0.25) is 5.28 Å². The standard InChI is InChI=1S/C12H7ClF2N6/c13-10-18-11(17-9-4-7(14)3-8(15)5-9)20-12(19-10)21-2-1-16-6-21/h1-6H,(H,17,18,19,20). The molecule has 2 aromatic heterocycles. The maximum absolute atomic E-state index is 13.1. The van der Waals surface area contributed by atoms with Crippen LogP contribution >= 0.6 is 11.6 Å². The molecule has 0 aliphatic heterocycles. The van der Waals surface area contributed by atoms with Crippen LogP contribution in [-0.2, 0) is 0 Å². The van der Waals surface area contributed by atoms with Gasteiger partial charge in [-0.1, -0.05) is 0 Å². The van der Waals surface area contributed by atoms with Gasteiger partial charge in [-0.25, -0.2) is 13.8 Å². The molecule has 0 atom stereocenters. The molecule has 0 aliphatic rings. The van der Waals surface area contributed by atoms with Gasteiger partial charge in [0.2, 0.25) is 17.2 Å². The van der Waals surface area contributed by atoms with E-state index >= 15 is 0 Å². The topological polar surface area (TPSA) is 68.5 Å². The van der Waals surface area contributed by atoms with E-state index in [2.05, 4.69) is 25.3 Å². The van der Waals surface area contributed by atoms with Crippen molar-refractivity contribution in [2.24, 2.45) is 0 Å². The summed E-state index contributed by atoms with van der Waals surface area (Å²) in [5, 5.41) is 2.61. The second-order valence-electron chi connectivity index (χ2n) is 3.98. The minimum Gasteiger partial charge on any atom is -0.324 e. The van der Waals surface area contributed by atoms with Gasteiger partial charge in [0.15, 0.2) is 0 Å². The summed E-state index contributed by atoms with van der Waals surface area (Å²) >= 11 is 5.81. The molecule has 21 heavy (non-hydrogen) atoms. The van der Waals surface area contributed by atoms with Crippen molar-refractivity contribution in [1.82, 2.24) is 24.5 Å². The Kier molecular flexibility index (Phi) is 3.44. The molecule has 9 heteroatoms. The fourth-order valence-electron chi connectivity index (χ4n) is 1.64. The molecular formula is C12H7ClF2N6. The van der Waals surface area contributed by atoms with Gasteiger partial charge in [0.05, 0.1) is 0 Å². The number of hydrogen-bond acceptors (Lipinski definition) is 5. The Morgan fingerprint density at radius 1 is 1.05 bits per heavy atom. The summed E-state index contributed by atoms with van der Waals surface area (Å²) in [5.41, 5.74) is 0.159. The van der Waals surface area contributed by atoms with E-state index in [-0.39, 0.29) is 22.9 Å². The highest BCUT2D eigenvalue weighted by atomic mass is 35.5.